The van der Waals surface area contributed by atoms with Crippen LogP contribution in [-0.4, -0.2) is 12.9 Å². The average Bonchev–Trinajstić information content (AvgIpc) is 2.42. The summed E-state index contributed by atoms with van der Waals surface area (Å²) in [6, 6.07) is 12.6. The zero-order chi connectivity index (χ0) is 13.1. The fourth-order valence-corrected chi connectivity index (χ4v) is 2.39. The minimum absolute atomic E-state index is 0.0384. The average molecular weight is 373 g/mol. The molecule has 4 heteroatoms. The molecule has 0 fully saturated rings. The molecular formula is C14H10ClIO2. The minimum atomic E-state index is -0.0384. The fraction of sp³-hybridized carbons (Fsp3) is 0.0714. The van der Waals surface area contributed by atoms with E-state index in [4.69, 9.17) is 16.3 Å². The first-order valence-corrected chi connectivity index (χ1v) is 6.72. The maximum Gasteiger partial charge on any atom is 0.193 e. The molecule has 0 bridgehead atoms. The summed E-state index contributed by atoms with van der Waals surface area (Å²) in [6.45, 7) is 0. The Morgan fingerprint density at radius 2 is 1.83 bits per heavy atom. The summed E-state index contributed by atoms with van der Waals surface area (Å²) in [5, 5.41) is 0.530. The number of ketones is 1. The van der Waals surface area contributed by atoms with Crippen LogP contribution in [0.3, 0.4) is 0 Å². The van der Waals surface area contributed by atoms with Crippen LogP contribution in [0, 0.1) is 3.57 Å². The van der Waals surface area contributed by atoms with Crippen molar-refractivity contribution in [3.63, 3.8) is 0 Å². The summed E-state index contributed by atoms with van der Waals surface area (Å²) in [7, 11) is 1.54. The Morgan fingerprint density at radius 1 is 1.17 bits per heavy atom. The van der Waals surface area contributed by atoms with E-state index >= 15 is 0 Å². The third kappa shape index (κ3) is 2.67. The molecule has 0 unspecified atom stereocenters. The Morgan fingerprint density at radius 3 is 2.44 bits per heavy atom. The lowest BCUT2D eigenvalue weighted by Crippen LogP contribution is -2.02. The number of benzene rings is 2. The predicted molar refractivity (Wildman–Crippen MR) is 80.6 cm³/mol. The first-order chi connectivity index (χ1) is 8.63. The highest BCUT2D eigenvalue weighted by molar-refractivity contribution is 14.1. The van der Waals surface area contributed by atoms with Crippen molar-refractivity contribution in [3.05, 3.63) is 62.2 Å². The van der Waals surface area contributed by atoms with Gasteiger partial charge < -0.3 is 4.74 Å². The highest BCUT2D eigenvalue weighted by Gasteiger charge is 2.14. The molecule has 92 valence electrons. The van der Waals surface area contributed by atoms with Crippen molar-refractivity contribution in [1.29, 1.82) is 0 Å². The molecule has 0 aromatic heterocycles. The van der Waals surface area contributed by atoms with Gasteiger partial charge in [-0.25, -0.2) is 0 Å². The van der Waals surface area contributed by atoms with Gasteiger partial charge in [-0.2, -0.15) is 0 Å². The summed E-state index contributed by atoms with van der Waals surface area (Å²) in [6.07, 6.45) is 0. The van der Waals surface area contributed by atoms with E-state index in [0.29, 0.717) is 21.9 Å². The Labute approximate surface area is 124 Å². The molecule has 0 aliphatic carbocycles. The maximum atomic E-state index is 12.3. The van der Waals surface area contributed by atoms with Crippen LogP contribution in [0.2, 0.25) is 5.02 Å². The van der Waals surface area contributed by atoms with Crippen LogP contribution in [0.5, 0.6) is 5.75 Å². The molecule has 2 aromatic rings. The van der Waals surface area contributed by atoms with Crippen LogP contribution in [0.4, 0.5) is 0 Å². The Balaban J connectivity index is 2.46. The summed E-state index contributed by atoms with van der Waals surface area (Å²) in [5.74, 6) is 0.478. The molecule has 18 heavy (non-hydrogen) atoms. The second kappa shape index (κ2) is 5.71. The first-order valence-electron chi connectivity index (χ1n) is 5.26. The lowest BCUT2D eigenvalue weighted by Gasteiger charge is -2.08. The van der Waals surface area contributed by atoms with Crippen LogP contribution in [0.15, 0.2) is 42.5 Å². The Bertz CT molecular complexity index is 582. The van der Waals surface area contributed by atoms with E-state index in [-0.39, 0.29) is 5.78 Å². The fourth-order valence-electron chi connectivity index (χ4n) is 1.60. The van der Waals surface area contributed by atoms with Gasteiger partial charge in [-0.3, -0.25) is 4.79 Å². The van der Waals surface area contributed by atoms with E-state index in [1.807, 2.05) is 18.2 Å². The molecule has 0 amide bonds. The minimum Gasteiger partial charge on any atom is -0.495 e. The quantitative estimate of drug-likeness (QED) is 0.597. The van der Waals surface area contributed by atoms with Gasteiger partial charge in [-0.1, -0.05) is 41.9 Å². The topological polar surface area (TPSA) is 26.3 Å². The number of carbonyl (C=O) groups excluding carboxylic acids is 1. The van der Waals surface area contributed by atoms with Crippen LogP contribution >= 0.6 is 34.2 Å². The number of methoxy groups -OCH3 is 1. The summed E-state index contributed by atoms with van der Waals surface area (Å²) in [4.78, 5) is 12.3. The molecule has 2 nitrogen and oxygen atoms in total. The Kier molecular flexibility index (Phi) is 4.24. The van der Waals surface area contributed by atoms with Crippen molar-refractivity contribution >= 4 is 40.0 Å². The second-order valence-electron chi connectivity index (χ2n) is 3.67. The van der Waals surface area contributed by atoms with E-state index < -0.39 is 0 Å². The van der Waals surface area contributed by atoms with Crippen LogP contribution in [0.1, 0.15) is 15.9 Å². The molecule has 0 N–H and O–H groups in total. The van der Waals surface area contributed by atoms with E-state index in [0.717, 1.165) is 3.57 Å². The monoisotopic (exact) mass is 372 g/mol. The van der Waals surface area contributed by atoms with Crippen molar-refractivity contribution in [1.82, 2.24) is 0 Å². The molecule has 0 atom stereocenters. The third-order valence-corrected chi connectivity index (χ3v) is 4.07. The van der Waals surface area contributed by atoms with Crippen molar-refractivity contribution in [2.24, 2.45) is 0 Å². The zero-order valence-corrected chi connectivity index (χ0v) is 12.5. The van der Waals surface area contributed by atoms with E-state index in [1.54, 1.807) is 24.3 Å². The van der Waals surface area contributed by atoms with Crippen molar-refractivity contribution in [2.75, 3.05) is 7.11 Å². The molecule has 0 radical (unpaired) electrons. The van der Waals surface area contributed by atoms with E-state index in [9.17, 15) is 4.79 Å². The smallest absolute Gasteiger partial charge is 0.193 e. The van der Waals surface area contributed by atoms with Gasteiger partial charge in [0.1, 0.15) is 5.75 Å². The number of rotatable bonds is 3. The van der Waals surface area contributed by atoms with E-state index in [1.165, 1.54) is 7.11 Å². The number of halogens is 2. The van der Waals surface area contributed by atoms with Gasteiger partial charge in [0, 0.05) is 14.7 Å². The summed E-state index contributed by atoms with van der Waals surface area (Å²) < 4.78 is 5.96. The third-order valence-electron chi connectivity index (χ3n) is 2.51. The largest absolute Gasteiger partial charge is 0.495 e. The zero-order valence-electron chi connectivity index (χ0n) is 9.61. The molecule has 0 aliphatic rings. The lowest BCUT2D eigenvalue weighted by molar-refractivity contribution is 0.103. The first kappa shape index (κ1) is 13.4. The lowest BCUT2D eigenvalue weighted by atomic mass is 10.0. The molecule has 0 spiro atoms. The molecule has 2 aromatic carbocycles. The SMILES string of the molecule is COc1cc(C(=O)c2ccccc2)cc(I)c1Cl. The van der Waals surface area contributed by atoms with Gasteiger partial charge in [-0.15, -0.1) is 0 Å². The van der Waals surface area contributed by atoms with Gasteiger partial charge in [0.05, 0.1) is 12.1 Å². The number of hydrogen-bond acceptors (Lipinski definition) is 2. The highest BCUT2D eigenvalue weighted by atomic mass is 127. The van der Waals surface area contributed by atoms with Crippen molar-refractivity contribution in [3.8, 4) is 5.75 Å². The van der Waals surface area contributed by atoms with Gasteiger partial charge in [0.2, 0.25) is 0 Å². The number of hydrogen-bond donors (Lipinski definition) is 0. The standard InChI is InChI=1S/C14H10ClIO2/c1-18-12-8-10(7-11(16)13(12)15)14(17)9-5-3-2-4-6-9/h2-8H,1H3. The molecule has 0 saturated carbocycles. The van der Waals surface area contributed by atoms with Gasteiger partial charge in [0.25, 0.3) is 0 Å². The molecule has 0 aliphatic heterocycles. The maximum absolute atomic E-state index is 12.3. The molecular weight excluding hydrogens is 363 g/mol. The molecule has 0 saturated heterocycles. The predicted octanol–water partition coefficient (Wildman–Crippen LogP) is 4.18. The van der Waals surface area contributed by atoms with E-state index in [2.05, 4.69) is 22.6 Å². The molecule has 2 rings (SSSR count). The van der Waals surface area contributed by atoms with Gasteiger partial charge in [-0.05, 0) is 34.7 Å². The Hall–Kier alpha value is -1.07. The number of ether oxygens (including phenoxy) is 1. The van der Waals surface area contributed by atoms with Crippen LogP contribution in [-0.2, 0) is 0 Å². The van der Waals surface area contributed by atoms with Crippen LogP contribution < -0.4 is 4.74 Å². The van der Waals surface area contributed by atoms with Crippen molar-refractivity contribution in [2.45, 2.75) is 0 Å². The van der Waals surface area contributed by atoms with Gasteiger partial charge in [0.15, 0.2) is 5.78 Å². The molecule has 0 heterocycles. The van der Waals surface area contributed by atoms with Crippen LogP contribution in [0.25, 0.3) is 0 Å². The highest BCUT2D eigenvalue weighted by Crippen LogP contribution is 2.31. The summed E-state index contributed by atoms with van der Waals surface area (Å²) in [5.41, 5.74) is 1.23. The number of carbonyl (C=O) groups is 1. The summed E-state index contributed by atoms with van der Waals surface area (Å²) >= 11 is 8.16. The second-order valence-corrected chi connectivity index (χ2v) is 5.21. The van der Waals surface area contributed by atoms with Gasteiger partial charge >= 0.3 is 0 Å². The van der Waals surface area contributed by atoms with Crippen molar-refractivity contribution < 1.29 is 9.53 Å². The normalized spacial score (nSPS) is 10.2.